The van der Waals surface area contributed by atoms with Gasteiger partial charge >= 0.3 is 5.97 Å². The van der Waals surface area contributed by atoms with Crippen LogP contribution in [0.15, 0.2) is 16.9 Å². The summed E-state index contributed by atoms with van der Waals surface area (Å²) >= 11 is 0. The van der Waals surface area contributed by atoms with Crippen LogP contribution in [0.2, 0.25) is 0 Å². The molecule has 88 valence electrons. The van der Waals surface area contributed by atoms with E-state index in [1.165, 1.54) is 19.4 Å². The fraction of sp³-hybridized carbons (Fsp3) is 0.444. The zero-order valence-corrected chi connectivity index (χ0v) is 8.75. The summed E-state index contributed by atoms with van der Waals surface area (Å²) in [5.74, 6) is -1.58. The average Bonchev–Trinajstić information content (AvgIpc) is 2.76. The minimum Gasteiger partial charge on any atom is -0.480 e. The summed E-state index contributed by atoms with van der Waals surface area (Å²) < 4.78 is 9.31. The molecule has 0 unspecified atom stereocenters. The number of hydrogen-bond acceptors (Lipinski definition) is 5. The van der Waals surface area contributed by atoms with Crippen molar-refractivity contribution in [3.8, 4) is 0 Å². The molecule has 0 fully saturated rings. The Bertz CT molecular complexity index is 349. The van der Waals surface area contributed by atoms with E-state index in [1.54, 1.807) is 0 Å². The van der Waals surface area contributed by atoms with Crippen LogP contribution in [0.4, 0.5) is 0 Å². The fourth-order valence-corrected chi connectivity index (χ4v) is 1.10. The second kappa shape index (κ2) is 5.86. The molecule has 0 radical (unpaired) electrons. The molecule has 1 aromatic rings. The number of aromatic nitrogens is 1. The molecule has 0 aliphatic rings. The molecule has 7 heteroatoms. The molecule has 0 spiro atoms. The Morgan fingerprint density at radius 2 is 2.38 bits per heavy atom. The number of amides is 1. The summed E-state index contributed by atoms with van der Waals surface area (Å²) in [5, 5.41) is 12.1. The van der Waals surface area contributed by atoms with Crippen LogP contribution in [0.5, 0.6) is 0 Å². The standard InChI is InChI=1S/C9H12N2O5/c1-15-5-3-11(6-8(12)13)9(14)7-2-4-16-10-7/h2,4H,3,5-6H2,1H3,(H,12,13). The molecule has 0 aliphatic carbocycles. The normalized spacial score (nSPS) is 10.1. The maximum Gasteiger partial charge on any atom is 0.323 e. The van der Waals surface area contributed by atoms with Crippen LogP contribution in [0, 0.1) is 0 Å². The third kappa shape index (κ3) is 3.35. The molecule has 0 aromatic carbocycles. The van der Waals surface area contributed by atoms with Crippen molar-refractivity contribution in [2.24, 2.45) is 0 Å². The van der Waals surface area contributed by atoms with Gasteiger partial charge in [0, 0.05) is 19.7 Å². The van der Waals surface area contributed by atoms with E-state index in [1.807, 2.05) is 0 Å². The summed E-state index contributed by atoms with van der Waals surface area (Å²) in [6, 6.07) is 1.38. The van der Waals surface area contributed by atoms with Crippen molar-refractivity contribution < 1.29 is 24.0 Å². The second-order valence-electron chi connectivity index (χ2n) is 3.00. The molecule has 1 heterocycles. The molecule has 1 amide bonds. The second-order valence-corrected chi connectivity index (χ2v) is 3.00. The molecule has 1 N–H and O–H groups in total. The highest BCUT2D eigenvalue weighted by Crippen LogP contribution is 2.01. The quantitative estimate of drug-likeness (QED) is 0.727. The van der Waals surface area contributed by atoms with E-state index in [0.717, 1.165) is 4.90 Å². The number of ether oxygens (including phenoxy) is 1. The summed E-state index contributed by atoms with van der Waals surface area (Å²) in [6.07, 6.45) is 1.25. The molecule has 0 bridgehead atoms. The number of carboxylic acids is 1. The molecule has 16 heavy (non-hydrogen) atoms. The topological polar surface area (TPSA) is 92.9 Å². The van der Waals surface area contributed by atoms with Gasteiger partial charge in [-0.05, 0) is 0 Å². The highest BCUT2D eigenvalue weighted by molar-refractivity contribution is 5.93. The van der Waals surface area contributed by atoms with Crippen LogP contribution >= 0.6 is 0 Å². The molecular formula is C9H12N2O5. The van der Waals surface area contributed by atoms with Crippen molar-refractivity contribution in [3.63, 3.8) is 0 Å². The van der Waals surface area contributed by atoms with Crippen molar-refractivity contribution in [1.29, 1.82) is 0 Å². The minimum atomic E-state index is -1.09. The number of methoxy groups -OCH3 is 1. The first-order valence-electron chi connectivity index (χ1n) is 4.55. The molecular weight excluding hydrogens is 216 g/mol. The Kier molecular flexibility index (Phi) is 4.46. The minimum absolute atomic E-state index is 0.0809. The predicted octanol–water partition coefficient (Wildman–Crippen LogP) is -0.152. The van der Waals surface area contributed by atoms with E-state index >= 15 is 0 Å². The number of rotatable bonds is 6. The van der Waals surface area contributed by atoms with E-state index in [4.69, 9.17) is 9.84 Å². The maximum absolute atomic E-state index is 11.7. The van der Waals surface area contributed by atoms with Gasteiger partial charge in [0.2, 0.25) is 0 Å². The highest BCUT2D eigenvalue weighted by atomic mass is 16.5. The third-order valence-electron chi connectivity index (χ3n) is 1.84. The Morgan fingerprint density at radius 1 is 1.62 bits per heavy atom. The average molecular weight is 228 g/mol. The van der Waals surface area contributed by atoms with Gasteiger partial charge in [-0.15, -0.1) is 0 Å². The zero-order chi connectivity index (χ0) is 12.0. The Morgan fingerprint density at radius 3 is 2.88 bits per heavy atom. The van der Waals surface area contributed by atoms with E-state index < -0.39 is 18.4 Å². The smallest absolute Gasteiger partial charge is 0.323 e. The van der Waals surface area contributed by atoms with E-state index in [2.05, 4.69) is 9.68 Å². The maximum atomic E-state index is 11.7. The number of carbonyl (C=O) groups excluding carboxylic acids is 1. The highest BCUT2D eigenvalue weighted by Gasteiger charge is 2.20. The van der Waals surface area contributed by atoms with Crippen LogP contribution in [-0.2, 0) is 9.53 Å². The van der Waals surface area contributed by atoms with Gasteiger partial charge in [-0.1, -0.05) is 5.16 Å². The lowest BCUT2D eigenvalue weighted by atomic mass is 10.3. The number of aliphatic carboxylic acids is 1. The van der Waals surface area contributed by atoms with Crippen LogP contribution in [-0.4, -0.2) is 53.8 Å². The third-order valence-corrected chi connectivity index (χ3v) is 1.84. The largest absolute Gasteiger partial charge is 0.480 e. The van der Waals surface area contributed by atoms with Gasteiger partial charge < -0.3 is 19.3 Å². The van der Waals surface area contributed by atoms with Crippen molar-refractivity contribution in [3.05, 3.63) is 18.0 Å². The molecule has 1 rings (SSSR count). The van der Waals surface area contributed by atoms with Gasteiger partial charge in [-0.25, -0.2) is 0 Å². The van der Waals surface area contributed by atoms with Crippen LogP contribution in [0.25, 0.3) is 0 Å². The summed E-state index contributed by atoms with van der Waals surface area (Å²) in [4.78, 5) is 23.4. The predicted molar refractivity (Wildman–Crippen MR) is 51.9 cm³/mol. The molecule has 7 nitrogen and oxygen atoms in total. The molecule has 0 aliphatic heterocycles. The van der Waals surface area contributed by atoms with Crippen molar-refractivity contribution >= 4 is 11.9 Å². The van der Waals surface area contributed by atoms with E-state index in [-0.39, 0.29) is 18.8 Å². The van der Waals surface area contributed by atoms with Crippen LogP contribution < -0.4 is 0 Å². The first-order chi connectivity index (χ1) is 7.65. The van der Waals surface area contributed by atoms with Gasteiger partial charge in [0.05, 0.1) is 6.61 Å². The number of nitrogens with zero attached hydrogens (tertiary/aromatic N) is 2. The summed E-state index contributed by atoms with van der Waals surface area (Å²) in [7, 11) is 1.47. The SMILES string of the molecule is COCCN(CC(=O)O)C(=O)c1ccon1. The molecule has 0 saturated carbocycles. The first kappa shape index (κ1) is 12.2. The zero-order valence-electron chi connectivity index (χ0n) is 8.75. The molecule has 0 atom stereocenters. The Labute approximate surface area is 91.6 Å². The lowest BCUT2D eigenvalue weighted by molar-refractivity contribution is -0.137. The Hall–Kier alpha value is -1.89. The number of hydrogen-bond donors (Lipinski definition) is 1. The van der Waals surface area contributed by atoms with Crippen molar-refractivity contribution in [2.45, 2.75) is 0 Å². The fourth-order valence-electron chi connectivity index (χ4n) is 1.10. The Balaban J connectivity index is 2.67. The summed E-state index contributed by atoms with van der Waals surface area (Å²) in [6.45, 7) is 0.0560. The molecule has 0 saturated heterocycles. The van der Waals surface area contributed by atoms with E-state index in [0.29, 0.717) is 0 Å². The number of carbonyl (C=O) groups is 2. The lowest BCUT2D eigenvalue weighted by Gasteiger charge is -2.18. The summed E-state index contributed by atoms with van der Waals surface area (Å²) in [5.41, 5.74) is 0.0809. The lowest BCUT2D eigenvalue weighted by Crippen LogP contribution is -2.38. The van der Waals surface area contributed by atoms with Crippen LogP contribution in [0.1, 0.15) is 10.5 Å². The van der Waals surface area contributed by atoms with Gasteiger partial charge in [-0.3, -0.25) is 9.59 Å². The van der Waals surface area contributed by atoms with Crippen LogP contribution in [0.3, 0.4) is 0 Å². The first-order valence-corrected chi connectivity index (χ1v) is 4.55. The number of carboxylic acid groups (broad SMARTS) is 1. The monoisotopic (exact) mass is 228 g/mol. The molecule has 1 aromatic heterocycles. The van der Waals surface area contributed by atoms with Gasteiger partial charge in [0.25, 0.3) is 5.91 Å². The van der Waals surface area contributed by atoms with Crippen molar-refractivity contribution in [1.82, 2.24) is 10.1 Å². The van der Waals surface area contributed by atoms with E-state index in [9.17, 15) is 9.59 Å². The van der Waals surface area contributed by atoms with Gasteiger partial charge in [-0.2, -0.15) is 0 Å². The van der Waals surface area contributed by atoms with Gasteiger partial charge in [0.1, 0.15) is 12.8 Å². The van der Waals surface area contributed by atoms with Gasteiger partial charge in [0.15, 0.2) is 5.69 Å². The van der Waals surface area contributed by atoms with Crippen molar-refractivity contribution in [2.75, 3.05) is 26.8 Å².